The van der Waals surface area contributed by atoms with Gasteiger partial charge in [-0.15, -0.1) is 0 Å². The normalized spacial score (nSPS) is 26.5. The lowest BCUT2D eigenvalue weighted by Crippen LogP contribution is -2.31. The maximum absolute atomic E-state index is 12.1. The van der Waals surface area contributed by atoms with Crippen LogP contribution in [0.2, 0.25) is 0 Å². The smallest absolute Gasteiger partial charge is 0.169 e. The highest BCUT2D eigenvalue weighted by Crippen LogP contribution is 2.27. The highest BCUT2D eigenvalue weighted by Gasteiger charge is 2.27. The van der Waals surface area contributed by atoms with Crippen LogP contribution in [0, 0.1) is 12.8 Å². The zero-order valence-electron chi connectivity index (χ0n) is 9.03. The molecule has 1 aromatic rings. The minimum absolute atomic E-state index is 0.102. The van der Waals surface area contributed by atoms with Gasteiger partial charge in [0.25, 0.3) is 0 Å². The largest absolute Gasteiger partial charge is 0.472 e. The Labute approximate surface area is 89.6 Å². The Kier molecular flexibility index (Phi) is 2.91. The fraction of sp³-hybridized carbons (Fsp3) is 0.583. The molecule has 0 amide bonds. The number of rotatable bonds is 2. The van der Waals surface area contributed by atoms with Gasteiger partial charge in [-0.3, -0.25) is 4.79 Å². The predicted octanol–water partition coefficient (Wildman–Crippen LogP) is 2.29. The van der Waals surface area contributed by atoms with Gasteiger partial charge in [0.05, 0.1) is 11.8 Å². The Balaban J connectivity index is 2.11. The standard InChI is InChI=1S/C12H17NO2/c1-8-6-15-7-11(8)12(14)9-3-2-4-10(13)5-9/h6-7,9-10H,2-5,13H2,1H3. The van der Waals surface area contributed by atoms with Crippen molar-refractivity contribution in [2.75, 3.05) is 0 Å². The van der Waals surface area contributed by atoms with Crippen LogP contribution in [0.15, 0.2) is 16.9 Å². The summed E-state index contributed by atoms with van der Waals surface area (Å²) >= 11 is 0. The van der Waals surface area contributed by atoms with Gasteiger partial charge in [0, 0.05) is 12.0 Å². The van der Waals surface area contributed by atoms with Crippen molar-refractivity contribution in [3.63, 3.8) is 0 Å². The Bertz CT molecular complexity index is 356. The predicted molar refractivity (Wildman–Crippen MR) is 57.7 cm³/mol. The summed E-state index contributed by atoms with van der Waals surface area (Å²) in [5, 5.41) is 0. The molecule has 3 nitrogen and oxygen atoms in total. The van der Waals surface area contributed by atoms with Crippen LogP contribution in [-0.4, -0.2) is 11.8 Å². The number of Topliss-reactive ketones (excluding diaryl/α,β-unsaturated/α-hetero) is 1. The van der Waals surface area contributed by atoms with Gasteiger partial charge in [0.15, 0.2) is 5.78 Å². The average Bonchev–Trinajstić information content (AvgIpc) is 2.63. The first-order chi connectivity index (χ1) is 7.18. The summed E-state index contributed by atoms with van der Waals surface area (Å²) in [6, 6.07) is 0.194. The van der Waals surface area contributed by atoms with Crippen LogP contribution < -0.4 is 5.73 Å². The monoisotopic (exact) mass is 207 g/mol. The molecular weight excluding hydrogens is 190 g/mol. The Morgan fingerprint density at radius 2 is 2.27 bits per heavy atom. The van der Waals surface area contributed by atoms with E-state index in [0.717, 1.165) is 36.8 Å². The van der Waals surface area contributed by atoms with E-state index in [1.807, 2.05) is 6.92 Å². The third-order valence-corrected chi connectivity index (χ3v) is 3.21. The first-order valence-electron chi connectivity index (χ1n) is 5.51. The number of hydrogen-bond acceptors (Lipinski definition) is 3. The summed E-state index contributed by atoms with van der Waals surface area (Å²) in [7, 11) is 0. The molecular formula is C12H17NO2. The van der Waals surface area contributed by atoms with Crippen molar-refractivity contribution in [2.24, 2.45) is 11.7 Å². The van der Waals surface area contributed by atoms with Gasteiger partial charge in [-0.05, 0) is 31.7 Å². The first-order valence-corrected chi connectivity index (χ1v) is 5.51. The Morgan fingerprint density at radius 1 is 1.47 bits per heavy atom. The van der Waals surface area contributed by atoms with Gasteiger partial charge in [0.1, 0.15) is 6.26 Å². The number of carbonyl (C=O) groups is 1. The summed E-state index contributed by atoms with van der Waals surface area (Å²) < 4.78 is 5.03. The Morgan fingerprint density at radius 3 is 2.87 bits per heavy atom. The second kappa shape index (κ2) is 4.19. The number of carbonyl (C=O) groups excluding carboxylic acids is 1. The zero-order valence-corrected chi connectivity index (χ0v) is 9.03. The molecule has 3 heteroatoms. The molecule has 2 rings (SSSR count). The number of ketones is 1. The number of aryl methyl sites for hydroxylation is 1. The van der Waals surface area contributed by atoms with Crippen LogP contribution in [0.5, 0.6) is 0 Å². The highest BCUT2D eigenvalue weighted by atomic mass is 16.3. The lowest BCUT2D eigenvalue weighted by atomic mass is 9.81. The molecule has 0 aromatic carbocycles. The Hall–Kier alpha value is -1.09. The second-order valence-corrected chi connectivity index (χ2v) is 4.46. The zero-order chi connectivity index (χ0) is 10.8. The lowest BCUT2D eigenvalue weighted by Gasteiger charge is -2.25. The minimum atomic E-state index is 0.102. The van der Waals surface area contributed by atoms with Gasteiger partial charge in [-0.2, -0.15) is 0 Å². The molecule has 0 spiro atoms. The maximum Gasteiger partial charge on any atom is 0.169 e. The topological polar surface area (TPSA) is 56.2 Å². The van der Waals surface area contributed by atoms with Crippen molar-refractivity contribution >= 4 is 5.78 Å². The fourth-order valence-electron chi connectivity index (χ4n) is 2.30. The van der Waals surface area contributed by atoms with Crippen LogP contribution in [0.3, 0.4) is 0 Å². The molecule has 1 saturated carbocycles. The summed E-state index contributed by atoms with van der Waals surface area (Å²) in [6.45, 7) is 1.90. The van der Waals surface area contributed by atoms with Crippen molar-refractivity contribution in [1.29, 1.82) is 0 Å². The molecule has 2 atom stereocenters. The third kappa shape index (κ3) is 2.12. The van der Waals surface area contributed by atoms with Crippen molar-refractivity contribution in [3.05, 3.63) is 23.7 Å². The third-order valence-electron chi connectivity index (χ3n) is 3.21. The SMILES string of the molecule is Cc1cocc1C(=O)C1CCCC(N)C1. The number of nitrogens with two attached hydrogens (primary N) is 1. The van der Waals surface area contributed by atoms with Crippen molar-refractivity contribution < 1.29 is 9.21 Å². The lowest BCUT2D eigenvalue weighted by molar-refractivity contribution is 0.0880. The summed E-state index contributed by atoms with van der Waals surface area (Å²) in [4.78, 5) is 12.1. The molecule has 2 unspecified atom stereocenters. The van der Waals surface area contributed by atoms with E-state index in [2.05, 4.69) is 0 Å². The molecule has 0 radical (unpaired) electrons. The fourth-order valence-corrected chi connectivity index (χ4v) is 2.30. The van der Waals surface area contributed by atoms with E-state index in [-0.39, 0.29) is 17.7 Å². The maximum atomic E-state index is 12.1. The molecule has 0 aliphatic heterocycles. The van der Waals surface area contributed by atoms with Crippen LogP contribution in [0.25, 0.3) is 0 Å². The number of hydrogen-bond donors (Lipinski definition) is 1. The van der Waals surface area contributed by atoms with Gasteiger partial charge in [0.2, 0.25) is 0 Å². The van der Waals surface area contributed by atoms with Gasteiger partial charge >= 0.3 is 0 Å². The molecule has 1 fully saturated rings. The van der Waals surface area contributed by atoms with Gasteiger partial charge in [-0.1, -0.05) is 6.42 Å². The van der Waals surface area contributed by atoms with Crippen molar-refractivity contribution in [1.82, 2.24) is 0 Å². The molecule has 0 saturated heterocycles. The van der Waals surface area contributed by atoms with Crippen LogP contribution in [-0.2, 0) is 0 Å². The highest BCUT2D eigenvalue weighted by molar-refractivity contribution is 5.98. The van der Waals surface area contributed by atoms with Crippen LogP contribution >= 0.6 is 0 Å². The summed E-state index contributed by atoms with van der Waals surface area (Å²) in [6.07, 6.45) is 7.08. The summed E-state index contributed by atoms with van der Waals surface area (Å²) in [5.41, 5.74) is 7.54. The van der Waals surface area contributed by atoms with Crippen LogP contribution in [0.4, 0.5) is 0 Å². The van der Waals surface area contributed by atoms with Crippen LogP contribution in [0.1, 0.15) is 41.6 Å². The molecule has 15 heavy (non-hydrogen) atoms. The average molecular weight is 207 g/mol. The van der Waals surface area contributed by atoms with Crippen molar-refractivity contribution in [3.8, 4) is 0 Å². The van der Waals surface area contributed by atoms with E-state index < -0.39 is 0 Å². The molecule has 0 bridgehead atoms. The van der Waals surface area contributed by atoms with E-state index in [4.69, 9.17) is 10.2 Å². The quantitative estimate of drug-likeness (QED) is 0.757. The van der Waals surface area contributed by atoms with E-state index in [1.54, 1.807) is 12.5 Å². The molecule has 2 N–H and O–H groups in total. The molecule has 1 aliphatic rings. The second-order valence-electron chi connectivity index (χ2n) is 4.46. The van der Waals surface area contributed by atoms with Gasteiger partial charge < -0.3 is 10.2 Å². The van der Waals surface area contributed by atoms with E-state index in [9.17, 15) is 4.79 Å². The van der Waals surface area contributed by atoms with Gasteiger partial charge in [-0.25, -0.2) is 0 Å². The molecule has 1 heterocycles. The van der Waals surface area contributed by atoms with Crippen molar-refractivity contribution in [2.45, 2.75) is 38.6 Å². The number of furan rings is 1. The molecule has 1 aliphatic carbocycles. The molecule has 1 aromatic heterocycles. The van der Waals surface area contributed by atoms with E-state index >= 15 is 0 Å². The van der Waals surface area contributed by atoms with E-state index in [1.165, 1.54) is 0 Å². The molecule has 82 valence electrons. The first kappa shape index (κ1) is 10.4. The van der Waals surface area contributed by atoms with E-state index in [0.29, 0.717) is 0 Å². The minimum Gasteiger partial charge on any atom is -0.472 e. The summed E-state index contributed by atoms with van der Waals surface area (Å²) in [5.74, 6) is 0.307.